The second kappa shape index (κ2) is 8.52. The van der Waals surface area contributed by atoms with Gasteiger partial charge in [0, 0.05) is 12.3 Å². The van der Waals surface area contributed by atoms with E-state index in [-0.39, 0.29) is 17.6 Å². The van der Waals surface area contributed by atoms with Crippen LogP contribution in [-0.4, -0.2) is 10.8 Å². The molecule has 22 heavy (non-hydrogen) atoms. The van der Waals surface area contributed by atoms with Gasteiger partial charge in [0.25, 0.3) is 5.89 Å². The zero-order valence-electron chi connectivity index (χ0n) is 13.5. The molecule has 1 aromatic heterocycles. The maximum absolute atomic E-state index is 12.0. The highest BCUT2D eigenvalue weighted by Crippen LogP contribution is 2.17. The average Bonchev–Trinajstić information content (AvgIpc) is 3.02. The standard InChI is InChI=1S/C19H25NO2/c1-15(2)18-14-20-19(22-18)17(21)13-9-4-3-6-10-16-11-7-5-8-12-16/h5,7-8,11-12,14-15H,3-4,6,9-10,13H2,1-2H3. The van der Waals surface area contributed by atoms with Crippen LogP contribution >= 0.6 is 0 Å². The molecule has 0 fully saturated rings. The average molecular weight is 299 g/mol. The molecule has 3 heteroatoms. The van der Waals surface area contributed by atoms with Crippen molar-refractivity contribution in [1.82, 2.24) is 4.98 Å². The first-order valence-corrected chi connectivity index (χ1v) is 8.19. The van der Waals surface area contributed by atoms with E-state index in [9.17, 15) is 4.79 Å². The van der Waals surface area contributed by atoms with Gasteiger partial charge in [-0.05, 0) is 24.8 Å². The highest BCUT2D eigenvalue weighted by atomic mass is 16.4. The van der Waals surface area contributed by atoms with Crippen LogP contribution in [0.3, 0.4) is 0 Å². The fraction of sp³-hybridized carbons (Fsp3) is 0.474. The third-order valence-corrected chi connectivity index (χ3v) is 3.79. The molecule has 3 nitrogen and oxygen atoms in total. The van der Waals surface area contributed by atoms with Crippen LogP contribution in [0.4, 0.5) is 0 Å². The Hall–Kier alpha value is -1.90. The Kier molecular flexibility index (Phi) is 6.38. The van der Waals surface area contributed by atoms with Crippen molar-refractivity contribution in [2.75, 3.05) is 0 Å². The summed E-state index contributed by atoms with van der Waals surface area (Å²) in [5.41, 5.74) is 1.39. The number of hydrogen-bond acceptors (Lipinski definition) is 3. The van der Waals surface area contributed by atoms with Gasteiger partial charge in [0.15, 0.2) is 0 Å². The van der Waals surface area contributed by atoms with Crippen molar-refractivity contribution in [3.63, 3.8) is 0 Å². The van der Waals surface area contributed by atoms with Crippen molar-refractivity contribution in [1.29, 1.82) is 0 Å². The summed E-state index contributed by atoms with van der Waals surface area (Å²) in [7, 11) is 0. The van der Waals surface area contributed by atoms with E-state index in [1.54, 1.807) is 6.20 Å². The Morgan fingerprint density at radius 1 is 1.09 bits per heavy atom. The van der Waals surface area contributed by atoms with Crippen LogP contribution in [0.1, 0.15) is 73.9 Å². The van der Waals surface area contributed by atoms with Crippen molar-refractivity contribution in [2.24, 2.45) is 0 Å². The number of ketones is 1. The molecular weight excluding hydrogens is 274 g/mol. The lowest BCUT2D eigenvalue weighted by Gasteiger charge is -2.01. The number of rotatable bonds is 9. The Balaban J connectivity index is 1.61. The van der Waals surface area contributed by atoms with Crippen molar-refractivity contribution >= 4 is 5.78 Å². The summed E-state index contributed by atoms with van der Waals surface area (Å²) in [6.07, 6.45) is 7.64. The lowest BCUT2D eigenvalue weighted by Crippen LogP contribution is -1.99. The van der Waals surface area contributed by atoms with Crippen LogP contribution in [0.15, 0.2) is 40.9 Å². The van der Waals surface area contributed by atoms with Gasteiger partial charge in [0.1, 0.15) is 5.76 Å². The van der Waals surface area contributed by atoms with Crippen LogP contribution in [0, 0.1) is 0 Å². The minimum absolute atomic E-state index is 0.0231. The van der Waals surface area contributed by atoms with E-state index in [0.717, 1.165) is 31.4 Å². The fourth-order valence-electron chi connectivity index (χ4n) is 2.40. The molecule has 0 saturated carbocycles. The molecule has 0 amide bonds. The lowest BCUT2D eigenvalue weighted by atomic mass is 10.0. The summed E-state index contributed by atoms with van der Waals surface area (Å²) in [4.78, 5) is 16.1. The minimum atomic E-state index is 0.0231. The molecule has 0 spiro atoms. The van der Waals surface area contributed by atoms with E-state index in [1.165, 1.54) is 12.0 Å². The maximum Gasteiger partial charge on any atom is 0.263 e. The van der Waals surface area contributed by atoms with Gasteiger partial charge >= 0.3 is 0 Å². The van der Waals surface area contributed by atoms with Gasteiger partial charge in [-0.3, -0.25) is 4.79 Å². The Morgan fingerprint density at radius 3 is 2.50 bits per heavy atom. The molecule has 2 aromatic rings. The van der Waals surface area contributed by atoms with E-state index in [4.69, 9.17) is 4.42 Å². The first kappa shape index (κ1) is 16.5. The Labute approximate surface area is 132 Å². The number of aromatic nitrogens is 1. The number of benzene rings is 1. The molecule has 0 bridgehead atoms. The first-order chi connectivity index (χ1) is 10.7. The minimum Gasteiger partial charge on any atom is -0.439 e. The van der Waals surface area contributed by atoms with Crippen molar-refractivity contribution in [3.8, 4) is 0 Å². The van der Waals surface area contributed by atoms with Crippen LogP contribution in [0.25, 0.3) is 0 Å². The van der Waals surface area contributed by atoms with Crippen molar-refractivity contribution in [2.45, 2.75) is 58.3 Å². The Bertz CT molecular complexity index is 572. The summed E-state index contributed by atoms with van der Waals surface area (Å²) in [5.74, 6) is 1.35. The number of carbonyl (C=O) groups excluding carboxylic acids is 1. The summed E-state index contributed by atoms with van der Waals surface area (Å²) < 4.78 is 5.48. The number of oxazole rings is 1. The summed E-state index contributed by atoms with van der Waals surface area (Å²) in [6, 6.07) is 10.5. The fourth-order valence-corrected chi connectivity index (χ4v) is 2.40. The highest BCUT2D eigenvalue weighted by molar-refractivity contribution is 5.91. The molecular formula is C19H25NO2. The molecule has 118 valence electrons. The molecule has 0 aliphatic rings. The van der Waals surface area contributed by atoms with Crippen LogP contribution < -0.4 is 0 Å². The topological polar surface area (TPSA) is 43.1 Å². The van der Waals surface area contributed by atoms with Gasteiger partial charge in [-0.2, -0.15) is 0 Å². The van der Waals surface area contributed by atoms with E-state index in [0.29, 0.717) is 6.42 Å². The summed E-state index contributed by atoms with van der Waals surface area (Å²) >= 11 is 0. The highest BCUT2D eigenvalue weighted by Gasteiger charge is 2.14. The van der Waals surface area contributed by atoms with Crippen LogP contribution in [-0.2, 0) is 6.42 Å². The van der Waals surface area contributed by atoms with Gasteiger partial charge in [-0.25, -0.2) is 4.98 Å². The summed E-state index contributed by atoms with van der Waals surface area (Å²) in [6.45, 7) is 4.06. The second-order valence-corrected chi connectivity index (χ2v) is 6.05. The molecule has 0 aliphatic carbocycles. The zero-order chi connectivity index (χ0) is 15.8. The molecule has 0 atom stereocenters. The number of nitrogens with zero attached hydrogens (tertiary/aromatic N) is 1. The van der Waals surface area contributed by atoms with E-state index in [1.807, 2.05) is 19.9 Å². The van der Waals surface area contributed by atoms with Crippen molar-refractivity contribution < 1.29 is 9.21 Å². The molecule has 1 heterocycles. The number of unbranched alkanes of at least 4 members (excludes halogenated alkanes) is 3. The predicted molar refractivity (Wildman–Crippen MR) is 88.2 cm³/mol. The number of aryl methyl sites for hydroxylation is 1. The van der Waals surface area contributed by atoms with Gasteiger partial charge in [0.05, 0.1) is 6.20 Å². The normalized spacial score (nSPS) is 11.0. The molecule has 0 saturated heterocycles. The van der Waals surface area contributed by atoms with Gasteiger partial charge in [-0.15, -0.1) is 0 Å². The van der Waals surface area contributed by atoms with E-state index >= 15 is 0 Å². The van der Waals surface area contributed by atoms with Crippen molar-refractivity contribution in [3.05, 3.63) is 53.7 Å². The van der Waals surface area contributed by atoms with Gasteiger partial charge in [0.2, 0.25) is 5.78 Å². The Morgan fingerprint density at radius 2 is 1.82 bits per heavy atom. The van der Waals surface area contributed by atoms with E-state index in [2.05, 4.69) is 29.2 Å². The molecule has 0 radical (unpaired) electrons. The molecule has 0 N–H and O–H groups in total. The smallest absolute Gasteiger partial charge is 0.263 e. The van der Waals surface area contributed by atoms with Gasteiger partial charge in [-0.1, -0.05) is 57.0 Å². The third kappa shape index (κ3) is 5.14. The maximum atomic E-state index is 12.0. The van der Waals surface area contributed by atoms with Gasteiger partial charge < -0.3 is 4.42 Å². The largest absolute Gasteiger partial charge is 0.439 e. The quantitative estimate of drug-likeness (QED) is 0.473. The first-order valence-electron chi connectivity index (χ1n) is 8.19. The monoisotopic (exact) mass is 299 g/mol. The molecule has 2 rings (SSSR count). The third-order valence-electron chi connectivity index (χ3n) is 3.79. The lowest BCUT2D eigenvalue weighted by molar-refractivity contribution is 0.0943. The molecule has 0 unspecified atom stereocenters. The van der Waals surface area contributed by atoms with Crippen LogP contribution in [0.2, 0.25) is 0 Å². The van der Waals surface area contributed by atoms with E-state index < -0.39 is 0 Å². The van der Waals surface area contributed by atoms with Crippen LogP contribution in [0.5, 0.6) is 0 Å². The number of carbonyl (C=O) groups is 1. The summed E-state index contributed by atoms with van der Waals surface area (Å²) in [5, 5.41) is 0. The zero-order valence-corrected chi connectivity index (χ0v) is 13.5. The number of hydrogen-bond donors (Lipinski definition) is 0. The molecule has 0 aliphatic heterocycles. The SMILES string of the molecule is CC(C)c1cnc(C(=O)CCCCCCc2ccccc2)o1. The molecule has 1 aromatic carbocycles. The number of Topliss-reactive ketones (excluding diaryl/α,β-unsaturated/α-hetero) is 1. The second-order valence-electron chi connectivity index (χ2n) is 6.05. The predicted octanol–water partition coefficient (Wildman–Crippen LogP) is 5.17.